The van der Waals surface area contributed by atoms with Crippen LogP contribution in [0.15, 0.2) is 79.1 Å². The van der Waals surface area contributed by atoms with Crippen molar-refractivity contribution < 1.29 is 22.4 Å². The lowest BCUT2D eigenvalue weighted by atomic mass is 9.97. The van der Waals surface area contributed by atoms with Crippen LogP contribution < -0.4 is 16.8 Å². The number of imidazole rings is 1. The Bertz CT molecular complexity index is 1380. The second kappa shape index (κ2) is 8.99. The highest BCUT2D eigenvalue weighted by atomic mass is 19.4. The molecule has 2 aromatic carbocycles. The fourth-order valence-electron chi connectivity index (χ4n) is 3.59. The summed E-state index contributed by atoms with van der Waals surface area (Å²) in [6.45, 7) is 0. The van der Waals surface area contributed by atoms with Crippen molar-refractivity contribution in [3.63, 3.8) is 0 Å². The number of hydrogen-bond donors (Lipinski definition) is 3. The molecule has 0 fully saturated rings. The molecular formula is C24H19F4N5O. The van der Waals surface area contributed by atoms with Crippen molar-refractivity contribution in [2.24, 2.45) is 11.5 Å². The molecule has 10 heteroatoms. The zero-order valence-corrected chi connectivity index (χ0v) is 17.6. The largest absolute Gasteiger partial charge is 0.416 e. The average molecular weight is 469 g/mol. The number of hydrogen-bond acceptors (Lipinski definition) is 4. The molecule has 0 aliphatic heterocycles. The Morgan fingerprint density at radius 2 is 1.82 bits per heavy atom. The van der Waals surface area contributed by atoms with Crippen LogP contribution in [-0.4, -0.2) is 15.3 Å². The zero-order chi connectivity index (χ0) is 24.5. The molecule has 4 rings (SSSR count). The van der Waals surface area contributed by atoms with E-state index >= 15 is 0 Å². The number of carbonyl (C=O) groups is 1. The van der Waals surface area contributed by atoms with Gasteiger partial charge in [0.15, 0.2) is 11.5 Å². The number of anilines is 1. The third kappa shape index (κ3) is 4.35. The summed E-state index contributed by atoms with van der Waals surface area (Å²) in [7, 11) is 0. The van der Waals surface area contributed by atoms with Gasteiger partial charge in [-0.25, -0.2) is 9.37 Å². The number of nitrogens with one attached hydrogen (secondary N) is 1. The summed E-state index contributed by atoms with van der Waals surface area (Å²) in [5, 5.41) is 2.66. The van der Waals surface area contributed by atoms with E-state index in [2.05, 4.69) is 10.3 Å². The smallest absolute Gasteiger partial charge is 0.405 e. The second-order valence-electron chi connectivity index (χ2n) is 7.39. The van der Waals surface area contributed by atoms with Gasteiger partial charge in [-0.3, -0.25) is 9.20 Å². The van der Waals surface area contributed by atoms with E-state index in [0.29, 0.717) is 11.3 Å². The van der Waals surface area contributed by atoms with Crippen LogP contribution in [0.2, 0.25) is 0 Å². The van der Waals surface area contributed by atoms with E-state index in [1.54, 1.807) is 30.3 Å². The number of carbonyl (C=O) groups excluding carboxylic acids is 1. The molecule has 0 spiro atoms. The van der Waals surface area contributed by atoms with Crippen molar-refractivity contribution in [1.29, 1.82) is 0 Å². The SMILES string of the molecule is N/C=C\C(N)c1cc(C(=O)Nc2c(-c3ccccc3)nc3c(F)cccn23)ccc1C(F)(F)F. The first-order valence-corrected chi connectivity index (χ1v) is 10.1. The van der Waals surface area contributed by atoms with Gasteiger partial charge < -0.3 is 16.8 Å². The Kier molecular flexibility index (Phi) is 6.08. The summed E-state index contributed by atoms with van der Waals surface area (Å²) in [6, 6.07) is 13.2. The van der Waals surface area contributed by atoms with Crippen LogP contribution in [0.1, 0.15) is 27.5 Å². The Hall–Kier alpha value is -4.18. The van der Waals surface area contributed by atoms with Gasteiger partial charge in [-0.15, -0.1) is 0 Å². The number of amides is 1. The first-order valence-electron chi connectivity index (χ1n) is 10.1. The lowest BCUT2D eigenvalue weighted by Gasteiger charge is -2.17. The van der Waals surface area contributed by atoms with E-state index in [-0.39, 0.29) is 22.6 Å². The number of nitrogens with zero attached hydrogens (tertiary/aromatic N) is 2. The van der Waals surface area contributed by atoms with Crippen molar-refractivity contribution >= 4 is 17.4 Å². The number of alkyl halides is 3. The molecule has 0 aliphatic carbocycles. The summed E-state index contributed by atoms with van der Waals surface area (Å²) in [6.07, 6.45) is -0.929. The standard InChI is InChI=1S/C24H19F4N5O/c25-18-7-4-12-33-21(18)31-20(14-5-2-1-3-6-14)22(33)32-23(34)15-8-9-17(24(26,27)28)16(13-15)19(30)10-11-29/h1-13,19H,29-30H2,(H,32,34)/b11-10-. The Balaban J connectivity index is 1.80. The normalized spacial score (nSPS) is 12.9. The first-order chi connectivity index (χ1) is 16.2. The van der Waals surface area contributed by atoms with Gasteiger partial charge in [-0.2, -0.15) is 13.2 Å². The van der Waals surface area contributed by atoms with Crippen LogP contribution in [-0.2, 0) is 6.18 Å². The fraction of sp³-hybridized carbons (Fsp3) is 0.0833. The van der Waals surface area contributed by atoms with Crippen molar-refractivity contribution in [2.75, 3.05) is 5.32 Å². The van der Waals surface area contributed by atoms with Gasteiger partial charge in [0.2, 0.25) is 0 Å². The first kappa shape index (κ1) is 23.0. The van der Waals surface area contributed by atoms with Crippen molar-refractivity contribution in [2.45, 2.75) is 12.2 Å². The third-order valence-electron chi connectivity index (χ3n) is 5.18. The average Bonchev–Trinajstić information content (AvgIpc) is 3.18. The summed E-state index contributed by atoms with van der Waals surface area (Å²) >= 11 is 0. The molecule has 0 saturated heterocycles. The van der Waals surface area contributed by atoms with Gasteiger partial charge in [0, 0.05) is 17.3 Å². The van der Waals surface area contributed by atoms with Crippen LogP contribution >= 0.6 is 0 Å². The Morgan fingerprint density at radius 1 is 1.09 bits per heavy atom. The van der Waals surface area contributed by atoms with Crippen LogP contribution in [0.5, 0.6) is 0 Å². The summed E-state index contributed by atoms with van der Waals surface area (Å²) in [5.74, 6) is -1.16. The molecule has 1 unspecified atom stereocenters. The second-order valence-corrected chi connectivity index (χ2v) is 7.39. The van der Waals surface area contributed by atoms with Crippen LogP contribution in [0.4, 0.5) is 23.4 Å². The highest BCUT2D eigenvalue weighted by Crippen LogP contribution is 2.35. The monoisotopic (exact) mass is 469 g/mol. The molecule has 174 valence electrons. The zero-order valence-electron chi connectivity index (χ0n) is 17.6. The number of benzene rings is 2. The maximum atomic E-state index is 14.4. The molecule has 0 radical (unpaired) electrons. The number of rotatable bonds is 5. The van der Waals surface area contributed by atoms with Crippen molar-refractivity contribution in [3.05, 3.63) is 102 Å². The topological polar surface area (TPSA) is 98.4 Å². The molecule has 34 heavy (non-hydrogen) atoms. The van der Waals surface area contributed by atoms with Crippen molar-refractivity contribution in [3.8, 4) is 11.3 Å². The van der Waals surface area contributed by atoms with Gasteiger partial charge in [-0.1, -0.05) is 30.3 Å². The quantitative estimate of drug-likeness (QED) is 0.363. The lowest BCUT2D eigenvalue weighted by molar-refractivity contribution is -0.138. The molecule has 5 N–H and O–H groups in total. The number of nitrogens with two attached hydrogens (primary N) is 2. The Morgan fingerprint density at radius 3 is 2.50 bits per heavy atom. The maximum Gasteiger partial charge on any atom is 0.416 e. The molecule has 0 saturated carbocycles. The molecule has 2 aromatic heterocycles. The molecule has 4 aromatic rings. The van der Waals surface area contributed by atoms with E-state index < -0.39 is 29.5 Å². The van der Waals surface area contributed by atoms with Gasteiger partial charge in [0.25, 0.3) is 5.91 Å². The highest BCUT2D eigenvalue weighted by molar-refractivity contribution is 6.06. The molecule has 0 bridgehead atoms. The van der Waals surface area contributed by atoms with Gasteiger partial charge in [-0.05, 0) is 48.2 Å². The van der Waals surface area contributed by atoms with Gasteiger partial charge in [0.1, 0.15) is 11.5 Å². The van der Waals surface area contributed by atoms with Crippen molar-refractivity contribution in [1.82, 2.24) is 9.38 Å². The van der Waals surface area contributed by atoms with E-state index in [1.807, 2.05) is 0 Å². The Labute approximate surface area is 191 Å². The minimum Gasteiger partial charge on any atom is -0.405 e. The predicted molar refractivity (Wildman–Crippen MR) is 120 cm³/mol. The molecule has 0 aliphatic rings. The van der Waals surface area contributed by atoms with E-state index in [0.717, 1.165) is 24.4 Å². The minimum absolute atomic E-state index is 0.0140. The summed E-state index contributed by atoms with van der Waals surface area (Å²) in [4.78, 5) is 17.4. The van der Waals surface area contributed by atoms with Gasteiger partial charge in [0.05, 0.1) is 11.6 Å². The summed E-state index contributed by atoms with van der Waals surface area (Å²) in [5.41, 5.74) is 10.7. The predicted octanol–water partition coefficient (Wildman–Crippen LogP) is 4.88. The van der Waals surface area contributed by atoms with Gasteiger partial charge >= 0.3 is 6.18 Å². The van der Waals surface area contributed by atoms with Crippen LogP contribution in [0, 0.1) is 5.82 Å². The summed E-state index contributed by atoms with van der Waals surface area (Å²) < 4.78 is 56.2. The minimum atomic E-state index is -4.68. The van der Waals surface area contributed by atoms with E-state index in [9.17, 15) is 22.4 Å². The molecular weight excluding hydrogens is 450 g/mol. The molecule has 6 nitrogen and oxygen atoms in total. The lowest BCUT2D eigenvalue weighted by Crippen LogP contribution is -2.19. The maximum absolute atomic E-state index is 14.4. The van der Waals surface area contributed by atoms with Crippen LogP contribution in [0.25, 0.3) is 16.9 Å². The number of pyridine rings is 1. The molecule has 1 atom stereocenters. The number of halogens is 4. The molecule has 1 amide bonds. The molecule has 2 heterocycles. The number of fused-ring (bicyclic) bond motifs is 1. The van der Waals surface area contributed by atoms with E-state index in [1.165, 1.54) is 28.8 Å². The number of aromatic nitrogens is 2. The van der Waals surface area contributed by atoms with Crippen LogP contribution in [0.3, 0.4) is 0 Å². The fourth-order valence-corrected chi connectivity index (χ4v) is 3.59. The van der Waals surface area contributed by atoms with E-state index in [4.69, 9.17) is 11.5 Å². The third-order valence-corrected chi connectivity index (χ3v) is 5.18. The highest BCUT2D eigenvalue weighted by Gasteiger charge is 2.35.